The summed E-state index contributed by atoms with van der Waals surface area (Å²) in [6, 6.07) is 0. The molecule has 0 radical (unpaired) electrons. The van der Waals surface area contributed by atoms with Gasteiger partial charge in [0.2, 0.25) is 11.6 Å². The Labute approximate surface area is 103 Å². The highest BCUT2D eigenvalue weighted by Crippen LogP contribution is 2.57. The maximum absolute atomic E-state index is 12.2. The number of ketones is 2. The highest BCUT2D eigenvalue weighted by molar-refractivity contribution is 6.41. The van der Waals surface area contributed by atoms with Crippen LogP contribution >= 0.6 is 0 Å². The Morgan fingerprint density at radius 1 is 0.824 bits per heavy atom. The first-order chi connectivity index (χ1) is 8.02. The van der Waals surface area contributed by atoms with Crippen LogP contribution in [0.25, 0.3) is 0 Å². The monoisotopic (exact) mass is 234 g/mol. The van der Waals surface area contributed by atoms with Crippen molar-refractivity contribution in [1.29, 1.82) is 0 Å². The van der Waals surface area contributed by atoms with Crippen molar-refractivity contribution < 1.29 is 9.59 Å². The summed E-state index contributed by atoms with van der Waals surface area (Å²) in [6.07, 6.45) is 3.22. The van der Waals surface area contributed by atoms with Gasteiger partial charge in [-0.2, -0.15) is 0 Å². The molecule has 3 aliphatic carbocycles. The van der Waals surface area contributed by atoms with Gasteiger partial charge in [-0.25, -0.2) is 0 Å². The Balaban J connectivity index is 2.03. The summed E-state index contributed by atoms with van der Waals surface area (Å²) in [4.78, 5) is 24.2. The van der Waals surface area contributed by atoms with Crippen LogP contribution in [0, 0.1) is 41.4 Å². The van der Waals surface area contributed by atoms with E-state index in [1.165, 1.54) is 0 Å². The maximum atomic E-state index is 12.2. The highest BCUT2D eigenvalue weighted by atomic mass is 16.2. The average Bonchev–Trinajstić information content (AvgIpc) is 2.51. The van der Waals surface area contributed by atoms with E-state index in [-0.39, 0.29) is 23.4 Å². The van der Waals surface area contributed by atoms with Crippen LogP contribution in [0.1, 0.15) is 40.0 Å². The van der Waals surface area contributed by atoms with Crippen molar-refractivity contribution in [2.45, 2.75) is 40.0 Å². The van der Waals surface area contributed by atoms with Gasteiger partial charge in [0.25, 0.3) is 0 Å². The smallest absolute Gasteiger partial charge is 0.202 e. The van der Waals surface area contributed by atoms with Crippen LogP contribution in [-0.4, -0.2) is 11.6 Å². The largest absolute Gasteiger partial charge is 0.291 e. The third-order valence-corrected chi connectivity index (χ3v) is 5.81. The van der Waals surface area contributed by atoms with Gasteiger partial charge < -0.3 is 0 Å². The van der Waals surface area contributed by atoms with Crippen molar-refractivity contribution in [3.63, 3.8) is 0 Å². The Kier molecular flexibility index (Phi) is 2.46. The second-order valence-corrected chi connectivity index (χ2v) is 6.76. The molecular weight excluding hydrogens is 212 g/mol. The fourth-order valence-corrected chi connectivity index (χ4v) is 5.26. The van der Waals surface area contributed by atoms with Crippen LogP contribution < -0.4 is 0 Å². The molecule has 17 heavy (non-hydrogen) atoms. The quantitative estimate of drug-likeness (QED) is 0.604. The lowest BCUT2D eigenvalue weighted by atomic mass is 9.55. The topological polar surface area (TPSA) is 34.1 Å². The molecule has 2 heteroatoms. The number of carbonyl (C=O) groups is 2. The molecule has 0 spiro atoms. The van der Waals surface area contributed by atoms with Gasteiger partial charge in [0.05, 0.1) is 0 Å². The van der Waals surface area contributed by atoms with Crippen molar-refractivity contribution in [3.8, 4) is 0 Å². The molecule has 0 aromatic heterocycles. The van der Waals surface area contributed by atoms with Crippen LogP contribution in [0.2, 0.25) is 0 Å². The van der Waals surface area contributed by atoms with Gasteiger partial charge in [-0.05, 0) is 48.9 Å². The van der Waals surface area contributed by atoms with E-state index < -0.39 is 0 Å². The van der Waals surface area contributed by atoms with E-state index in [1.54, 1.807) is 0 Å². The van der Waals surface area contributed by atoms with Gasteiger partial charge in [-0.3, -0.25) is 9.59 Å². The van der Waals surface area contributed by atoms with Crippen molar-refractivity contribution in [1.82, 2.24) is 0 Å². The van der Waals surface area contributed by atoms with Gasteiger partial charge in [0, 0.05) is 11.8 Å². The molecule has 3 aliphatic rings. The molecule has 94 valence electrons. The van der Waals surface area contributed by atoms with Crippen LogP contribution in [-0.2, 0) is 9.59 Å². The third-order valence-electron chi connectivity index (χ3n) is 5.81. The molecule has 0 N–H and O–H groups in total. The average molecular weight is 234 g/mol. The third kappa shape index (κ3) is 1.39. The van der Waals surface area contributed by atoms with E-state index in [4.69, 9.17) is 0 Å². The van der Waals surface area contributed by atoms with E-state index in [2.05, 4.69) is 20.8 Å². The number of carbonyl (C=O) groups excluding carboxylic acids is 2. The zero-order valence-electron chi connectivity index (χ0n) is 11.0. The van der Waals surface area contributed by atoms with Gasteiger partial charge in [0.15, 0.2) is 0 Å². The number of hydrogen-bond acceptors (Lipinski definition) is 2. The van der Waals surface area contributed by atoms with Crippen molar-refractivity contribution in [2.75, 3.05) is 0 Å². The van der Waals surface area contributed by atoms with Crippen molar-refractivity contribution >= 4 is 11.6 Å². The number of rotatable bonds is 0. The lowest BCUT2D eigenvalue weighted by molar-refractivity contribution is -0.137. The summed E-state index contributed by atoms with van der Waals surface area (Å²) in [5, 5.41) is 0. The number of hydrogen-bond donors (Lipinski definition) is 0. The summed E-state index contributed by atoms with van der Waals surface area (Å²) in [5.41, 5.74) is 0. The second kappa shape index (κ2) is 3.66. The lowest BCUT2D eigenvalue weighted by Crippen LogP contribution is -2.45. The normalized spacial score (nSPS) is 53.7. The van der Waals surface area contributed by atoms with Crippen LogP contribution in [0.3, 0.4) is 0 Å². The zero-order valence-corrected chi connectivity index (χ0v) is 11.0. The summed E-state index contributed by atoms with van der Waals surface area (Å²) in [6.45, 7) is 6.81. The van der Waals surface area contributed by atoms with Gasteiger partial charge in [0.1, 0.15) is 0 Å². The second-order valence-electron chi connectivity index (χ2n) is 6.76. The predicted molar refractivity (Wildman–Crippen MR) is 65.3 cm³/mol. The summed E-state index contributed by atoms with van der Waals surface area (Å²) < 4.78 is 0. The first kappa shape index (κ1) is 11.4. The Bertz CT molecular complexity index is 373. The van der Waals surface area contributed by atoms with E-state index in [0.29, 0.717) is 29.6 Å². The standard InChI is InChI=1S/C15H22O2/c1-7-4-5-10-13-11(7)8(2)6-9(3)12(13)15(17)14(10)16/h7-13H,4-6H2,1-3H3. The Morgan fingerprint density at radius 3 is 2.24 bits per heavy atom. The fourth-order valence-electron chi connectivity index (χ4n) is 5.26. The Hall–Kier alpha value is -0.660. The van der Waals surface area contributed by atoms with E-state index in [0.717, 1.165) is 19.3 Å². The molecule has 0 aromatic rings. The van der Waals surface area contributed by atoms with Crippen molar-refractivity contribution in [2.24, 2.45) is 41.4 Å². The Morgan fingerprint density at radius 2 is 1.53 bits per heavy atom. The minimum atomic E-state index is -0.0298. The molecule has 7 atom stereocenters. The fraction of sp³-hybridized carbons (Fsp3) is 0.867. The molecule has 3 saturated carbocycles. The molecule has 0 aliphatic heterocycles. The van der Waals surface area contributed by atoms with Crippen LogP contribution in [0.4, 0.5) is 0 Å². The molecule has 0 bridgehead atoms. The molecule has 0 saturated heterocycles. The zero-order chi connectivity index (χ0) is 12.3. The molecule has 3 fully saturated rings. The SMILES string of the molecule is CC1CC(C)C2C(C)CCC3C(=O)C(=O)C1C32. The summed E-state index contributed by atoms with van der Waals surface area (Å²) in [5.74, 6) is 2.88. The lowest BCUT2D eigenvalue weighted by Gasteiger charge is -2.48. The van der Waals surface area contributed by atoms with Crippen molar-refractivity contribution in [3.05, 3.63) is 0 Å². The van der Waals surface area contributed by atoms with E-state index in [9.17, 15) is 9.59 Å². The highest BCUT2D eigenvalue weighted by Gasteiger charge is 2.59. The first-order valence-electron chi connectivity index (χ1n) is 7.10. The van der Waals surface area contributed by atoms with E-state index >= 15 is 0 Å². The molecule has 0 heterocycles. The molecular formula is C15H22O2. The van der Waals surface area contributed by atoms with Gasteiger partial charge >= 0.3 is 0 Å². The first-order valence-corrected chi connectivity index (χ1v) is 7.10. The molecule has 3 rings (SSSR count). The summed E-state index contributed by atoms with van der Waals surface area (Å²) >= 11 is 0. The predicted octanol–water partition coefficient (Wildman–Crippen LogP) is 2.71. The van der Waals surface area contributed by atoms with Gasteiger partial charge in [-0.15, -0.1) is 0 Å². The molecule has 7 unspecified atom stereocenters. The molecule has 0 aromatic carbocycles. The summed E-state index contributed by atoms with van der Waals surface area (Å²) in [7, 11) is 0. The van der Waals surface area contributed by atoms with E-state index in [1.807, 2.05) is 0 Å². The number of Topliss-reactive ketones (excluding diaryl/α,β-unsaturated/α-hetero) is 2. The minimum absolute atomic E-state index is 0.0292. The molecule has 0 amide bonds. The maximum Gasteiger partial charge on any atom is 0.202 e. The molecule has 2 nitrogen and oxygen atoms in total. The van der Waals surface area contributed by atoms with Crippen LogP contribution in [0.5, 0.6) is 0 Å². The van der Waals surface area contributed by atoms with Crippen LogP contribution in [0.15, 0.2) is 0 Å². The minimum Gasteiger partial charge on any atom is -0.291 e. The van der Waals surface area contributed by atoms with Gasteiger partial charge in [-0.1, -0.05) is 20.8 Å².